The van der Waals surface area contributed by atoms with E-state index in [4.69, 9.17) is 9.47 Å². The third-order valence-electron chi connectivity index (χ3n) is 5.15. The molecule has 0 spiro atoms. The molecule has 0 radical (unpaired) electrons. The largest absolute Gasteiger partial charge is 0.477 e. The second-order valence-corrected chi connectivity index (χ2v) is 9.09. The van der Waals surface area contributed by atoms with E-state index in [9.17, 15) is 19.8 Å². The van der Waals surface area contributed by atoms with Crippen LogP contribution in [-0.2, 0) is 19.1 Å². The normalized spacial score (nSPS) is 14.0. The van der Waals surface area contributed by atoms with Crippen LogP contribution in [0, 0.1) is 0 Å². The number of carbonyl (C=O) groups excluding carboxylic acids is 1. The minimum Gasteiger partial charge on any atom is -0.477 e. The van der Waals surface area contributed by atoms with Crippen molar-refractivity contribution in [3.63, 3.8) is 0 Å². The highest BCUT2D eigenvalue weighted by molar-refractivity contribution is 5.72. The minimum absolute atomic E-state index is 0.0175. The number of nitrogens with zero attached hydrogens (tertiary/aromatic N) is 1. The fourth-order valence-corrected chi connectivity index (χ4v) is 3.19. The molecule has 0 heterocycles. The van der Waals surface area contributed by atoms with Crippen LogP contribution in [0.5, 0.6) is 0 Å². The predicted molar refractivity (Wildman–Crippen MR) is 123 cm³/mol. The second kappa shape index (κ2) is 18.2. The van der Waals surface area contributed by atoms with E-state index in [1.165, 1.54) is 32.1 Å². The number of carboxylic acid groups (broad SMARTS) is 1. The van der Waals surface area contributed by atoms with Crippen LogP contribution >= 0.6 is 0 Å². The first-order valence-electron chi connectivity index (χ1n) is 11.8. The number of allylic oxidation sites excluding steroid dienone is 2. The fraction of sp³-hybridized carbons (Fsp3) is 0.833. The number of hydrogen-bond donors (Lipinski definition) is 2. The van der Waals surface area contributed by atoms with E-state index in [2.05, 4.69) is 19.1 Å². The number of hydrogen-bond acceptors (Lipinski definition) is 5. The molecule has 7 heteroatoms. The summed E-state index contributed by atoms with van der Waals surface area (Å²) in [6.45, 7) is 2.35. The highest BCUT2D eigenvalue weighted by Crippen LogP contribution is 2.10. The average molecular weight is 445 g/mol. The van der Waals surface area contributed by atoms with E-state index in [1.54, 1.807) is 0 Å². The molecule has 0 rings (SSSR count). The molecule has 0 bridgehead atoms. The Labute approximate surface area is 189 Å². The van der Waals surface area contributed by atoms with Crippen LogP contribution < -0.4 is 0 Å². The van der Waals surface area contributed by atoms with E-state index in [0.717, 1.165) is 25.7 Å². The summed E-state index contributed by atoms with van der Waals surface area (Å²) < 4.78 is 10.7. The van der Waals surface area contributed by atoms with Crippen molar-refractivity contribution < 1.29 is 33.8 Å². The van der Waals surface area contributed by atoms with E-state index in [1.807, 2.05) is 21.1 Å². The van der Waals surface area contributed by atoms with E-state index in [-0.39, 0.29) is 25.8 Å². The summed E-state index contributed by atoms with van der Waals surface area (Å²) in [4.78, 5) is 23.1. The Morgan fingerprint density at radius 2 is 1.55 bits per heavy atom. The lowest BCUT2D eigenvalue weighted by Gasteiger charge is -2.31. The highest BCUT2D eigenvalue weighted by atomic mass is 16.5. The number of esters is 1. The van der Waals surface area contributed by atoms with Gasteiger partial charge in [-0.25, -0.2) is 4.79 Å². The number of unbranched alkanes of at least 4 members (excludes halogenated alkanes) is 7. The number of ether oxygens (including phenoxy) is 2. The zero-order valence-electron chi connectivity index (χ0n) is 20.2. The van der Waals surface area contributed by atoms with Crippen LogP contribution in [0.25, 0.3) is 0 Å². The molecule has 0 fully saturated rings. The smallest absolute Gasteiger partial charge is 0.362 e. The molecule has 0 aliphatic rings. The Hall–Kier alpha value is -1.44. The lowest BCUT2D eigenvalue weighted by molar-refractivity contribution is -0.887. The van der Waals surface area contributed by atoms with Gasteiger partial charge < -0.3 is 24.2 Å². The molecule has 2 atom stereocenters. The molecule has 0 aliphatic heterocycles. The van der Waals surface area contributed by atoms with Crippen LogP contribution in [0.2, 0.25) is 0 Å². The lowest BCUT2D eigenvalue weighted by atomic mass is 10.1. The maximum atomic E-state index is 11.8. The van der Waals surface area contributed by atoms with Crippen LogP contribution in [0.3, 0.4) is 0 Å². The second-order valence-electron chi connectivity index (χ2n) is 9.09. The van der Waals surface area contributed by atoms with Crippen LogP contribution in [0.1, 0.15) is 77.6 Å². The third-order valence-corrected chi connectivity index (χ3v) is 5.15. The maximum Gasteiger partial charge on any atom is 0.362 e. The Kier molecular flexibility index (Phi) is 17.3. The zero-order valence-corrected chi connectivity index (χ0v) is 20.2. The van der Waals surface area contributed by atoms with Crippen LogP contribution in [0.4, 0.5) is 0 Å². The highest BCUT2D eigenvalue weighted by Gasteiger charge is 2.30. The van der Waals surface area contributed by atoms with Crippen molar-refractivity contribution in [1.82, 2.24) is 0 Å². The molecular formula is C24H46NO6+. The Balaban J connectivity index is 3.65. The molecule has 182 valence electrons. The molecule has 0 amide bonds. The predicted octanol–water partition coefficient (Wildman–Crippen LogP) is 3.93. The number of quaternary nitrogens is 1. The molecule has 7 nitrogen and oxygen atoms in total. The van der Waals surface area contributed by atoms with Gasteiger partial charge in [0.1, 0.15) is 12.7 Å². The van der Waals surface area contributed by atoms with Crippen molar-refractivity contribution in [3.8, 4) is 0 Å². The number of aliphatic hydroxyl groups is 1. The monoisotopic (exact) mass is 444 g/mol. The SMILES string of the molecule is CCCC/C=C\CCCCCCCC(=O)OCC(O)COCCC(C(=O)O)[N+](C)(C)C. The number of aliphatic hydroxyl groups excluding tert-OH is 1. The van der Waals surface area contributed by atoms with E-state index >= 15 is 0 Å². The zero-order chi connectivity index (χ0) is 23.5. The first kappa shape index (κ1) is 29.6. The van der Waals surface area contributed by atoms with Gasteiger partial charge in [0.2, 0.25) is 0 Å². The number of rotatable bonds is 20. The maximum absolute atomic E-state index is 11.8. The summed E-state index contributed by atoms with van der Waals surface area (Å²) in [6.07, 6.45) is 14.5. The van der Waals surface area contributed by atoms with Crippen LogP contribution in [0.15, 0.2) is 12.2 Å². The quantitative estimate of drug-likeness (QED) is 0.128. The molecule has 0 aromatic rings. The molecule has 31 heavy (non-hydrogen) atoms. The number of carboxylic acids is 1. The summed E-state index contributed by atoms with van der Waals surface area (Å²) in [5, 5.41) is 19.1. The van der Waals surface area contributed by atoms with Gasteiger partial charge in [0.05, 0.1) is 34.4 Å². The standard InChI is InChI=1S/C24H45NO6/c1-5-6-7-8-9-10-11-12-13-14-15-16-23(27)31-20-21(26)19-30-18-17-22(24(28)29)25(2,3)4/h8-9,21-22,26H,5-7,10-20H2,1-4H3/p+1/b9-8-. The van der Waals surface area contributed by atoms with Crippen molar-refractivity contribution in [2.75, 3.05) is 41.0 Å². The van der Waals surface area contributed by atoms with Gasteiger partial charge in [0.25, 0.3) is 0 Å². The Bertz CT molecular complexity index is 501. The topological polar surface area (TPSA) is 93.1 Å². The van der Waals surface area contributed by atoms with Crippen molar-refractivity contribution in [2.24, 2.45) is 0 Å². The number of likely N-dealkylation sites (N-methyl/N-ethyl adjacent to an activating group) is 1. The van der Waals surface area contributed by atoms with Crippen molar-refractivity contribution >= 4 is 11.9 Å². The summed E-state index contributed by atoms with van der Waals surface area (Å²) in [5.74, 6) is -1.17. The van der Waals surface area contributed by atoms with Gasteiger partial charge in [0.15, 0.2) is 6.04 Å². The van der Waals surface area contributed by atoms with Crippen molar-refractivity contribution in [1.29, 1.82) is 0 Å². The Morgan fingerprint density at radius 1 is 0.935 bits per heavy atom. The summed E-state index contributed by atoms with van der Waals surface area (Å²) in [7, 11) is 5.46. The molecule has 2 unspecified atom stereocenters. The first-order valence-corrected chi connectivity index (χ1v) is 11.8. The fourth-order valence-electron chi connectivity index (χ4n) is 3.19. The van der Waals surface area contributed by atoms with Gasteiger partial charge in [-0.3, -0.25) is 4.79 Å². The molecule has 0 aromatic heterocycles. The summed E-state index contributed by atoms with van der Waals surface area (Å²) in [5.41, 5.74) is 0. The Morgan fingerprint density at radius 3 is 2.16 bits per heavy atom. The van der Waals surface area contributed by atoms with Crippen molar-refractivity contribution in [2.45, 2.75) is 89.7 Å². The van der Waals surface area contributed by atoms with Gasteiger partial charge in [-0.05, 0) is 25.7 Å². The molecule has 0 aliphatic carbocycles. The molecule has 0 aromatic carbocycles. The van der Waals surface area contributed by atoms with Gasteiger partial charge >= 0.3 is 11.9 Å². The first-order chi connectivity index (χ1) is 14.7. The van der Waals surface area contributed by atoms with Gasteiger partial charge in [-0.2, -0.15) is 0 Å². The summed E-state index contributed by atoms with van der Waals surface area (Å²) >= 11 is 0. The third kappa shape index (κ3) is 17.9. The minimum atomic E-state index is -0.901. The van der Waals surface area contributed by atoms with E-state index in [0.29, 0.717) is 17.3 Å². The summed E-state index contributed by atoms with van der Waals surface area (Å²) in [6, 6.07) is -0.572. The van der Waals surface area contributed by atoms with E-state index < -0.39 is 18.1 Å². The molecule has 2 N–H and O–H groups in total. The number of aliphatic carboxylic acids is 1. The molecular weight excluding hydrogens is 398 g/mol. The van der Waals surface area contributed by atoms with Gasteiger partial charge in [0, 0.05) is 12.8 Å². The van der Waals surface area contributed by atoms with Crippen LogP contribution in [-0.4, -0.2) is 79.7 Å². The molecule has 0 saturated heterocycles. The molecule has 0 saturated carbocycles. The van der Waals surface area contributed by atoms with Crippen molar-refractivity contribution in [3.05, 3.63) is 12.2 Å². The lowest BCUT2D eigenvalue weighted by Crippen LogP contribution is -2.50. The van der Waals surface area contributed by atoms with Gasteiger partial charge in [-0.1, -0.05) is 51.2 Å². The van der Waals surface area contributed by atoms with Gasteiger partial charge in [-0.15, -0.1) is 0 Å². The average Bonchev–Trinajstić information content (AvgIpc) is 2.69. The number of carbonyl (C=O) groups is 2.